The average molecular weight is 510 g/mol. The number of carbonyl (C=O) groups excluding carboxylic acids is 1. The van der Waals surface area contributed by atoms with Gasteiger partial charge in [-0.15, -0.1) is 11.2 Å². The summed E-state index contributed by atoms with van der Waals surface area (Å²) in [4.78, 5) is 16.9. The maximum atomic E-state index is 13.5. The molecule has 1 atom stereocenters. The second kappa shape index (κ2) is 10.8. The van der Waals surface area contributed by atoms with Crippen molar-refractivity contribution in [1.82, 2.24) is 19.3 Å². The first-order chi connectivity index (χ1) is 16.5. The molecule has 3 aromatic rings. The van der Waals surface area contributed by atoms with Gasteiger partial charge in [0.1, 0.15) is 12.3 Å². The fourth-order valence-electron chi connectivity index (χ4n) is 3.39. The lowest BCUT2D eigenvalue weighted by molar-refractivity contribution is -0.141. The minimum Gasteiger partial charge on any atom is -0.452 e. The first-order valence-corrected chi connectivity index (χ1v) is 12.5. The summed E-state index contributed by atoms with van der Waals surface area (Å²) < 4.78 is 48.6. The van der Waals surface area contributed by atoms with Crippen LogP contribution in [0.25, 0.3) is 11.3 Å². The van der Waals surface area contributed by atoms with Crippen molar-refractivity contribution in [3.8, 4) is 23.1 Å². The number of amides is 1. The van der Waals surface area contributed by atoms with Crippen LogP contribution in [0.1, 0.15) is 28.3 Å². The molecule has 0 saturated carbocycles. The van der Waals surface area contributed by atoms with Gasteiger partial charge in [-0.25, -0.2) is 4.98 Å². The van der Waals surface area contributed by atoms with Gasteiger partial charge >= 0.3 is 6.18 Å². The molecule has 35 heavy (non-hydrogen) atoms. The zero-order chi connectivity index (χ0) is 25.8. The summed E-state index contributed by atoms with van der Waals surface area (Å²) in [5.74, 6) is 0.918. The van der Waals surface area contributed by atoms with Crippen molar-refractivity contribution in [2.45, 2.75) is 26.1 Å². The number of anilines is 1. The van der Waals surface area contributed by atoms with Crippen LogP contribution in [0.15, 0.2) is 30.6 Å². The molecule has 0 bridgehead atoms. The highest BCUT2D eigenvalue weighted by Crippen LogP contribution is 2.36. The Morgan fingerprint density at radius 3 is 2.74 bits per heavy atom. The second-order valence-electron chi connectivity index (χ2n) is 7.79. The summed E-state index contributed by atoms with van der Waals surface area (Å²) in [6.45, 7) is 2.11. The van der Waals surface area contributed by atoms with Crippen molar-refractivity contribution < 1.29 is 22.1 Å². The van der Waals surface area contributed by atoms with Gasteiger partial charge in [-0.2, -0.15) is 23.5 Å². The summed E-state index contributed by atoms with van der Waals surface area (Å²) in [6.07, 6.45) is 0.443. The van der Waals surface area contributed by atoms with Crippen LogP contribution in [-0.4, -0.2) is 43.8 Å². The number of aryl methyl sites for hydroxylation is 1. The number of imidazole rings is 1. The minimum atomic E-state index is -4.74. The Morgan fingerprint density at radius 2 is 2.11 bits per heavy atom. The molecule has 188 valence electrons. The number of alkyl halides is 3. The van der Waals surface area contributed by atoms with Gasteiger partial charge in [-0.3, -0.25) is 9.48 Å². The van der Waals surface area contributed by atoms with E-state index in [1.807, 2.05) is 13.2 Å². The lowest BCUT2D eigenvalue weighted by Crippen LogP contribution is -2.17. The van der Waals surface area contributed by atoms with E-state index in [1.54, 1.807) is 24.3 Å². The fraction of sp³-hybridized carbons (Fsp3) is 0.364. The summed E-state index contributed by atoms with van der Waals surface area (Å²) in [5.41, 5.74) is 5.47. The first kappa shape index (κ1) is 26.1. The van der Waals surface area contributed by atoms with Crippen LogP contribution in [0.2, 0.25) is 0 Å². The number of thiol groups is 1. The largest absolute Gasteiger partial charge is 0.452 e. The highest BCUT2D eigenvalue weighted by molar-refractivity contribution is 8.12. The Hall–Kier alpha value is -3.50. The molecule has 13 heteroatoms. The normalized spacial score (nSPS) is 12.8. The summed E-state index contributed by atoms with van der Waals surface area (Å²) in [7, 11) is 1.44. The first-order valence-electron chi connectivity index (χ1n) is 10.6. The number of carbonyl (C=O) groups is 1. The third kappa shape index (κ3) is 6.14. The Morgan fingerprint density at radius 1 is 1.37 bits per heavy atom. The lowest BCUT2D eigenvalue weighted by Gasteiger charge is -2.19. The van der Waals surface area contributed by atoms with Crippen LogP contribution in [0.4, 0.5) is 18.9 Å². The standard InChI is InChI=1S/C22H26F3N7O2S/c1-14-11-15(5-6-18(14)34-35(3)10-4-7-26)29-21(33)20-28-12-17(31(20)2)16-13-32(9-8-27)30-19(16)22(23,24)25/h5-6,11-13,35H,4,7,9-10,26H2,1-3H3,(H,29,33). The molecular formula is C22H26F3N7O2S. The zero-order valence-corrected chi connectivity index (χ0v) is 20.3. The van der Waals surface area contributed by atoms with E-state index in [9.17, 15) is 18.0 Å². The van der Waals surface area contributed by atoms with Crippen LogP contribution in [0, 0.1) is 18.3 Å². The van der Waals surface area contributed by atoms with Gasteiger partial charge in [0.15, 0.2) is 11.5 Å². The van der Waals surface area contributed by atoms with Gasteiger partial charge in [0, 0.05) is 24.7 Å². The molecule has 0 radical (unpaired) electrons. The summed E-state index contributed by atoms with van der Waals surface area (Å²) >= 11 is -0.663. The number of halogens is 3. The van der Waals surface area contributed by atoms with E-state index in [1.165, 1.54) is 17.8 Å². The molecule has 2 aromatic heterocycles. The Balaban J connectivity index is 1.80. The van der Waals surface area contributed by atoms with Gasteiger partial charge in [-0.1, -0.05) is 0 Å². The minimum absolute atomic E-state index is 0.0420. The van der Waals surface area contributed by atoms with E-state index >= 15 is 0 Å². The number of hydrogen-bond acceptors (Lipinski definition) is 6. The molecule has 0 spiro atoms. The Labute approximate surface area is 203 Å². The van der Waals surface area contributed by atoms with Crippen LogP contribution in [-0.2, 0) is 19.8 Å². The predicted molar refractivity (Wildman–Crippen MR) is 128 cm³/mol. The Bertz CT molecular complexity index is 1250. The van der Waals surface area contributed by atoms with Crippen LogP contribution >= 0.6 is 11.2 Å². The third-order valence-corrected chi connectivity index (χ3v) is 6.55. The number of nitrogens with one attached hydrogen (secondary N) is 1. The number of aromatic nitrogens is 4. The second-order valence-corrected chi connectivity index (χ2v) is 9.68. The molecule has 2 heterocycles. The van der Waals surface area contributed by atoms with E-state index < -0.39 is 29.0 Å². The molecule has 0 aliphatic carbocycles. The highest BCUT2D eigenvalue weighted by atomic mass is 32.2. The number of rotatable bonds is 9. The number of nitriles is 1. The van der Waals surface area contributed by atoms with Crippen LogP contribution < -0.4 is 15.2 Å². The maximum absolute atomic E-state index is 13.5. The van der Waals surface area contributed by atoms with E-state index in [4.69, 9.17) is 15.2 Å². The molecule has 1 amide bonds. The molecular weight excluding hydrogens is 483 g/mol. The number of nitrogens with zero attached hydrogens (tertiary/aromatic N) is 5. The maximum Gasteiger partial charge on any atom is 0.435 e. The fourth-order valence-corrected chi connectivity index (χ4v) is 4.65. The predicted octanol–water partition coefficient (Wildman–Crippen LogP) is 3.66. The van der Waals surface area contributed by atoms with E-state index in [0.29, 0.717) is 18.0 Å². The smallest absolute Gasteiger partial charge is 0.435 e. The van der Waals surface area contributed by atoms with Crippen LogP contribution in [0.3, 0.4) is 0 Å². The topological polar surface area (TPSA) is 124 Å². The van der Waals surface area contributed by atoms with Crippen molar-refractivity contribution in [3.05, 3.63) is 47.7 Å². The number of hydrogen-bond donors (Lipinski definition) is 3. The van der Waals surface area contributed by atoms with Crippen LogP contribution in [0.5, 0.6) is 5.75 Å². The van der Waals surface area contributed by atoms with E-state index in [2.05, 4.69) is 15.4 Å². The molecule has 0 saturated heterocycles. The van der Waals surface area contributed by atoms with Gasteiger partial charge in [0.2, 0.25) is 0 Å². The average Bonchev–Trinajstić information content (AvgIpc) is 3.37. The van der Waals surface area contributed by atoms with Crippen molar-refractivity contribution in [3.63, 3.8) is 0 Å². The molecule has 3 rings (SSSR count). The third-order valence-electron chi connectivity index (χ3n) is 5.09. The van der Waals surface area contributed by atoms with Gasteiger partial charge in [0.25, 0.3) is 5.91 Å². The summed E-state index contributed by atoms with van der Waals surface area (Å²) in [6, 6.07) is 6.94. The van der Waals surface area contributed by atoms with Gasteiger partial charge in [0.05, 0.1) is 23.5 Å². The van der Waals surface area contributed by atoms with E-state index in [-0.39, 0.29) is 23.6 Å². The molecule has 1 aromatic carbocycles. The molecule has 1 unspecified atom stereocenters. The zero-order valence-electron chi connectivity index (χ0n) is 19.4. The highest BCUT2D eigenvalue weighted by Gasteiger charge is 2.38. The molecule has 0 fully saturated rings. The quantitative estimate of drug-likeness (QED) is 0.378. The molecule has 0 aliphatic rings. The van der Waals surface area contributed by atoms with Gasteiger partial charge in [-0.05, 0) is 49.9 Å². The lowest BCUT2D eigenvalue weighted by atomic mass is 10.2. The molecule has 0 aliphatic heterocycles. The monoisotopic (exact) mass is 509 g/mol. The number of nitrogens with two attached hydrogens (primary N) is 1. The van der Waals surface area contributed by atoms with E-state index in [0.717, 1.165) is 28.6 Å². The van der Waals surface area contributed by atoms with Gasteiger partial charge < -0.3 is 19.8 Å². The number of benzene rings is 1. The van der Waals surface area contributed by atoms with Crippen molar-refractivity contribution in [2.24, 2.45) is 12.8 Å². The SMILES string of the molecule is Cc1cc(NC(=O)c2ncc(-c3cn(CC#N)nc3C(F)(F)F)n2C)ccc1O[SH](C)CCCN. The molecule has 3 N–H and O–H groups in total. The van der Waals surface area contributed by atoms with Crippen molar-refractivity contribution in [2.75, 3.05) is 23.9 Å². The summed E-state index contributed by atoms with van der Waals surface area (Å²) in [5, 5.41) is 15.0. The molecule has 9 nitrogen and oxygen atoms in total. The van der Waals surface area contributed by atoms with Crippen molar-refractivity contribution in [1.29, 1.82) is 5.26 Å². The van der Waals surface area contributed by atoms with Crippen molar-refractivity contribution >= 4 is 22.8 Å². The Kier molecular flexibility index (Phi) is 8.08.